The molecule has 0 aliphatic heterocycles. The number of fused-ring (bicyclic) bond motifs is 1. The Bertz CT molecular complexity index is 781. The average molecular weight is 417 g/mol. The van der Waals surface area contributed by atoms with E-state index >= 15 is 0 Å². The first-order valence-electron chi connectivity index (χ1n) is 6.15. The third kappa shape index (κ3) is 2.43. The molecule has 0 aliphatic rings. The summed E-state index contributed by atoms with van der Waals surface area (Å²) in [5.41, 5.74) is 3.04. The highest BCUT2D eigenvalue weighted by Crippen LogP contribution is 2.31. The molecule has 2 aromatic carbocycles. The van der Waals surface area contributed by atoms with Gasteiger partial charge in [-0.1, -0.05) is 23.7 Å². The predicted octanol–water partition coefficient (Wildman–Crippen LogP) is 5.58. The Labute approximate surface area is 140 Å². The van der Waals surface area contributed by atoms with Crippen LogP contribution in [0.25, 0.3) is 16.7 Å². The largest absolute Gasteiger partial charge is 0.294 e. The van der Waals surface area contributed by atoms with Gasteiger partial charge in [-0.25, -0.2) is 4.98 Å². The van der Waals surface area contributed by atoms with E-state index in [2.05, 4.69) is 38.2 Å². The first-order valence-corrected chi connectivity index (χ1v) is 8.04. The first-order chi connectivity index (χ1) is 9.58. The summed E-state index contributed by atoms with van der Waals surface area (Å²) in [5, 5.41) is 0.553. The predicted molar refractivity (Wildman–Crippen MR) is 93.1 cm³/mol. The zero-order valence-corrected chi connectivity index (χ0v) is 14.3. The first kappa shape index (κ1) is 14.2. The molecule has 2 nitrogen and oxygen atoms in total. The molecule has 3 aromatic rings. The number of nitrogens with zero attached hydrogens (tertiary/aromatic N) is 2. The Kier molecular flexibility index (Phi) is 3.93. The molecule has 3 rings (SSSR count). The number of hydrogen-bond acceptors (Lipinski definition) is 1. The lowest BCUT2D eigenvalue weighted by Gasteiger charge is -2.12. The van der Waals surface area contributed by atoms with Crippen molar-refractivity contribution in [1.29, 1.82) is 0 Å². The quantitative estimate of drug-likeness (QED) is 0.393. The van der Waals surface area contributed by atoms with E-state index in [-0.39, 0.29) is 5.38 Å². The second-order valence-corrected chi connectivity index (χ2v) is 6.76. The Hall–Kier alpha value is -0.780. The maximum atomic E-state index is 6.30. The van der Waals surface area contributed by atoms with Crippen LogP contribution in [0.15, 0.2) is 42.5 Å². The van der Waals surface area contributed by atoms with E-state index in [1.54, 1.807) is 0 Å². The molecule has 0 N–H and O–H groups in total. The van der Waals surface area contributed by atoms with Crippen LogP contribution in [-0.4, -0.2) is 9.55 Å². The van der Waals surface area contributed by atoms with Gasteiger partial charge in [0.15, 0.2) is 0 Å². The molecule has 1 unspecified atom stereocenters. The van der Waals surface area contributed by atoms with Crippen molar-refractivity contribution in [3.05, 3.63) is 56.9 Å². The molecule has 0 fully saturated rings. The number of para-hydroxylation sites is 2. The molecule has 1 aromatic heterocycles. The highest BCUT2D eigenvalue weighted by molar-refractivity contribution is 14.1. The molecule has 0 aliphatic carbocycles. The lowest BCUT2D eigenvalue weighted by Crippen LogP contribution is -2.03. The fourth-order valence-electron chi connectivity index (χ4n) is 2.23. The zero-order chi connectivity index (χ0) is 14.3. The third-order valence-electron chi connectivity index (χ3n) is 3.09. The van der Waals surface area contributed by atoms with Gasteiger partial charge < -0.3 is 0 Å². The summed E-state index contributed by atoms with van der Waals surface area (Å²) in [6, 6.07) is 13.9. The minimum absolute atomic E-state index is 0.172. The molecule has 0 saturated carbocycles. The SMILES string of the molecule is CC(Cl)c1nc2ccccc2n1-c1ccc(Cl)cc1I. The number of alkyl halides is 1. The molecule has 0 saturated heterocycles. The summed E-state index contributed by atoms with van der Waals surface area (Å²) < 4.78 is 3.17. The molecule has 0 spiro atoms. The topological polar surface area (TPSA) is 17.8 Å². The molecule has 1 heterocycles. The Morgan fingerprint density at radius 1 is 1.20 bits per heavy atom. The van der Waals surface area contributed by atoms with Gasteiger partial charge in [0.25, 0.3) is 0 Å². The van der Waals surface area contributed by atoms with Gasteiger partial charge in [0.05, 0.1) is 22.1 Å². The summed E-state index contributed by atoms with van der Waals surface area (Å²) in [4.78, 5) is 4.65. The summed E-state index contributed by atoms with van der Waals surface area (Å²) >= 11 is 14.6. The second-order valence-electron chi connectivity index (χ2n) is 4.51. The van der Waals surface area contributed by atoms with E-state index < -0.39 is 0 Å². The standard InChI is InChI=1S/C15H11Cl2IN2/c1-9(16)15-19-12-4-2-3-5-14(12)20(15)13-7-6-10(17)8-11(13)18/h2-9H,1H3. The van der Waals surface area contributed by atoms with E-state index in [9.17, 15) is 0 Å². The molecule has 0 amide bonds. The van der Waals surface area contributed by atoms with Crippen molar-refractivity contribution in [2.24, 2.45) is 0 Å². The summed E-state index contributed by atoms with van der Waals surface area (Å²) in [6.07, 6.45) is 0. The number of imidazole rings is 1. The zero-order valence-electron chi connectivity index (χ0n) is 10.6. The highest BCUT2D eigenvalue weighted by atomic mass is 127. The smallest absolute Gasteiger partial charge is 0.132 e. The summed E-state index contributed by atoms with van der Waals surface area (Å²) in [7, 11) is 0. The van der Waals surface area contributed by atoms with E-state index in [0.29, 0.717) is 0 Å². The van der Waals surface area contributed by atoms with Crippen LogP contribution >= 0.6 is 45.8 Å². The van der Waals surface area contributed by atoms with E-state index in [0.717, 1.165) is 31.1 Å². The molecule has 102 valence electrons. The van der Waals surface area contributed by atoms with Crippen molar-refractivity contribution in [2.75, 3.05) is 0 Å². The Morgan fingerprint density at radius 2 is 1.95 bits per heavy atom. The minimum Gasteiger partial charge on any atom is -0.294 e. The van der Waals surface area contributed by atoms with Crippen LogP contribution in [0.5, 0.6) is 0 Å². The maximum absolute atomic E-state index is 6.30. The van der Waals surface area contributed by atoms with Crippen molar-refractivity contribution >= 4 is 56.8 Å². The van der Waals surface area contributed by atoms with Gasteiger partial charge in [-0.3, -0.25) is 4.57 Å². The fourth-order valence-corrected chi connectivity index (χ4v) is 3.49. The maximum Gasteiger partial charge on any atom is 0.132 e. The normalized spacial score (nSPS) is 12.8. The van der Waals surface area contributed by atoms with Gasteiger partial charge in [-0.15, -0.1) is 11.6 Å². The van der Waals surface area contributed by atoms with Gasteiger partial charge in [0.1, 0.15) is 5.82 Å². The van der Waals surface area contributed by atoms with Crippen LogP contribution in [0, 0.1) is 3.57 Å². The van der Waals surface area contributed by atoms with Crippen molar-refractivity contribution in [2.45, 2.75) is 12.3 Å². The number of aromatic nitrogens is 2. The van der Waals surface area contributed by atoms with Gasteiger partial charge in [-0.2, -0.15) is 0 Å². The number of hydrogen-bond donors (Lipinski definition) is 0. The van der Waals surface area contributed by atoms with Crippen LogP contribution < -0.4 is 0 Å². The summed E-state index contributed by atoms with van der Waals surface area (Å²) in [6.45, 7) is 1.93. The van der Waals surface area contributed by atoms with Crippen molar-refractivity contribution in [3.63, 3.8) is 0 Å². The van der Waals surface area contributed by atoms with E-state index in [1.165, 1.54) is 0 Å². The molecule has 20 heavy (non-hydrogen) atoms. The van der Waals surface area contributed by atoms with Gasteiger partial charge in [0.2, 0.25) is 0 Å². The Balaban J connectivity index is 2.36. The number of halogens is 3. The monoisotopic (exact) mass is 416 g/mol. The van der Waals surface area contributed by atoms with Crippen LogP contribution in [0.1, 0.15) is 18.1 Å². The molecule has 1 atom stereocenters. The molecule has 5 heteroatoms. The Morgan fingerprint density at radius 3 is 2.65 bits per heavy atom. The highest BCUT2D eigenvalue weighted by Gasteiger charge is 2.17. The average Bonchev–Trinajstić information content (AvgIpc) is 2.78. The molecule has 0 radical (unpaired) electrons. The van der Waals surface area contributed by atoms with Crippen LogP contribution in [0.4, 0.5) is 0 Å². The molecular weight excluding hydrogens is 406 g/mol. The minimum atomic E-state index is -0.172. The van der Waals surface area contributed by atoms with E-state index in [4.69, 9.17) is 23.2 Å². The van der Waals surface area contributed by atoms with Gasteiger partial charge in [0, 0.05) is 8.59 Å². The second kappa shape index (κ2) is 5.54. The van der Waals surface area contributed by atoms with Gasteiger partial charge >= 0.3 is 0 Å². The van der Waals surface area contributed by atoms with Crippen LogP contribution in [0.3, 0.4) is 0 Å². The van der Waals surface area contributed by atoms with Crippen LogP contribution in [0.2, 0.25) is 5.02 Å². The molecular formula is C15H11Cl2IN2. The fraction of sp³-hybridized carbons (Fsp3) is 0.133. The van der Waals surface area contributed by atoms with Gasteiger partial charge in [-0.05, 0) is 59.8 Å². The van der Waals surface area contributed by atoms with Crippen LogP contribution in [-0.2, 0) is 0 Å². The van der Waals surface area contributed by atoms with Crippen molar-refractivity contribution in [3.8, 4) is 5.69 Å². The number of rotatable bonds is 2. The van der Waals surface area contributed by atoms with Crippen molar-refractivity contribution < 1.29 is 0 Å². The number of benzene rings is 2. The lowest BCUT2D eigenvalue weighted by molar-refractivity contribution is 0.880. The summed E-state index contributed by atoms with van der Waals surface area (Å²) in [5.74, 6) is 0.841. The van der Waals surface area contributed by atoms with E-state index in [1.807, 2.05) is 43.3 Å². The molecule has 0 bridgehead atoms. The van der Waals surface area contributed by atoms with Crippen molar-refractivity contribution in [1.82, 2.24) is 9.55 Å². The third-order valence-corrected chi connectivity index (χ3v) is 4.39. The lowest BCUT2D eigenvalue weighted by atomic mass is 10.2.